The van der Waals surface area contributed by atoms with E-state index in [2.05, 4.69) is 10.3 Å². The summed E-state index contributed by atoms with van der Waals surface area (Å²) < 4.78 is 18.4. The van der Waals surface area contributed by atoms with E-state index < -0.39 is 0 Å². The molecule has 3 aromatic rings. The second kappa shape index (κ2) is 10.1. The van der Waals surface area contributed by atoms with E-state index >= 15 is 0 Å². The van der Waals surface area contributed by atoms with Gasteiger partial charge >= 0.3 is 0 Å². The highest BCUT2D eigenvalue weighted by molar-refractivity contribution is 7.99. The van der Waals surface area contributed by atoms with Crippen molar-refractivity contribution in [2.24, 2.45) is 0 Å². The number of carbonyl (C=O) groups is 1. The van der Waals surface area contributed by atoms with E-state index in [4.69, 9.17) is 16.3 Å². The maximum Gasteiger partial charge on any atom is 0.230 e. The van der Waals surface area contributed by atoms with Crippen molar-refractivity contribution in [2.45, 2.75) is 12.3 Å². The third-order valence-corrected chi connectivity index (χ3v) is 4.95. The number of benzene rings is 2. The number of carbonyl (C=O) groups excluding carboxylic acids is 1. The van der Waals surface area contributed by atoms with Gasteiger partial charge in [0.25, 0.3) is 0 Å². The van der Waals surface area contributed by atoms with E-state index in [0.29, 0.717) is 28.9 Å². The van der Waals surface area contributed by atoms with Crippen LogP contribution in [0.15, 0.2) is 66.9 Å². The summed E-state index contributed by atoms with van der Waals surface area (Å²) >= 11 is 7.48. The molecule has 1 N–H and O–H groups in total. The molecule has 1 heterocycles. The fraction of sp³-hybridized carbons (Fsp3) is 0.143. The second-order valence-electron chi connectivity index (χ2n) is 5.96. The van der Waals surface area contributed by atoms with E-state index in [0.717, 1.165) is 16.9 Å². The number of ether oxygens (including phenoxy) is 1. The zero-order chi connectivity index (χ0) is 19.8. The normalized spacial score (nSPS) is 10.5. The Kier molecular flexibility index (Phi) is 7.28. The lowest BCUT2D eigenvalue weighted by Gasteiger charge is -2.07. The van der Waals surface area contributed by atoms with Crippen LogP contribution >= 0.6 is 23.4 Å². The summed E-state index contributed by atoms with van der Waals surface area (Å²) in [6.07, 6.45) is 1.64. The number of aromatic nitrogens is 1. The van der Waals surface area contributed by atoms with Crippen molar-refractivity contribution in [3.8, 4) is 11.6 Å². The number of pyridine rings is 1. The summed E-state index contributed by atoms with van der Waals surface area (Å²) in [4.78, 5) is 16.2. The molecule has 0 atom stereocenters. The average molecular weight is 417 g/mol. The highest BCUT2D eigenvalue weighted by atomic mass is 35.5. The molecule has 3 rings (SSSR count). The van der Waals surface area contributed by atoms with Gasteiger partial charge in [0.05, 0.1) is 5.75 Å². The Morgan fingerprint density at radius 2 is 1.93 bits per heavy atom. The van der Waals surface area contributed by atoms with Gasteiger partial charge in [0.2, 0.25) is 11.8 Å². The largest absolute Gasteiger partial charge is 0.439 e. The molecule has 0 saturated carbocycles. The molecule has 0 unspecified atom stereocenters. The fourth-order valence-corrected chi connectivity index (χ4v) is 3.36. The quantitative estimate of drug-likeness (QED) is 0.547. The van der Waals surface area contributed by atoms with Gasteiger partial charge in [-0.15, -0.1) is 11.8 Å². The summed E-state index contributed by atoms with van der Waals surface area (Å²) in [6.45, 7) is 0.389. The van der Waals surface area contributed by atoms with Gasteiger partial charge in [-0.05, 0) is 47.5 Å². The Balaban J connectivity index is 1.40. The monoisotopic (exact) mass is 416 g/mol. The van der Waals surface area contributed by atoms with Crippen LogP contribution in [0.3, 0.4) is 0 Å². The molecule has 0 radical (unpaired) electrons. The third-order valence-electron chi connectivity index (χ3n) is 3.71. The Morgan fingerprint density at radius 3 is 2.64 bits per heavy atom. The van der Waals surface area contributed by atoms with Gasteiger partial charge in [0, 0.05) is 29.6 Å². The molecular weight excluding hydrogens is 399 g/mol. The zero-order valence-corrected chi connectivity index (χ0v) is 16.5. The lowest BCUT2D eigenvalue weighted by Crippen LogP contribution is -2.24. The molecular formula is C21H18ClFN2O2S. The van der Waals surface area contributed by atoms with Crippen molar-refractivity contribution < 1.29 is 13.9 Å². The van der Waals surface area contributed by atoms with Gasteiger partial charge in [-0.3, -0.25) is 4.79 Å². The van der Waals surface area contributed by atoms with Crippen molar-refractivity contribution in [1.29, 1.82) is 0 Å². The molecule has 2 aromatic carbocycles. The Bertz CT molecular complexity index is 920. The van der Waals surface area contributed by atoms with Crippen LogP contribution in [0.25, 0.3) is 0 Å². The van der Waals surface area contributed by atoms with Crippen LogP contribution in [-0.2, 0) is 17.1 Å². The number of amides is 1. The van der Waals surface area contributed by atoms with Crippen LogP contribution in [0.1, 0.15) is 11.1 Å². The number of nitrogens with zero attached hydrogens (tertiary/aromatic N) is 1. The average Bonchev–Trinajstić information content (AvgIpc) is 2.69. The van der Waals surface area contributed by atoms with Gasteiger partial charge in [-0.25, -0.2) is 9.37 Å². The van der Waals surface area contributed by atoms with Gasteiger partial charge in [-0.2, -0.15) is 0 Å². The molecule has 1 amide bonds. The Hall–Kier alpha value is -2.57. The van der Waals surface area contributed by atoms with E-state index in [-0.39, 0.29) is 11.7 Å². The predicted octanol–water partition coefficient (Wildman–Crippen LogP) is 5.22. The first-order chi connectivity index (χ1) is 13.6. The maximum atomic E-state index is 12.9. The van der Waals surface area contributed by atoms with Crippen LogP contribution in [0.2, 0.25) is 5.02 Å². The molecule has 0 fully saturated rings. The number of thioether (sulfide) groups is 1. The molecule has 0 aliphatic heterocycles. The van der Waals surface area contributed by atoms with Crippen LogP contribution in [0, 0.1) is 5.82 Å². The molecule has 1 aromatic heterocycles. The first-order valence-corrected chi connectivity index (χ1v) is 10.1. The lowest BCUT2D eigenvalue weighted by atomic mass is 10.2. The minimum Gasteiger partial charge on any atom is -0.439 e. The number of hydrogen-bond donors (Lipinski definition) is 1. The number of hydrogen-bond acceptors (Lipinski definition) is 4. The van der Waals surface area contributed by atoms with Gasteiger partial charge < -0.3 is 10.1 Å². The van der Waals surface area contributed by atoms with E-state index in [9.17, 15) is 9.18 Å². The first kappa shape index (κ1) is 20.2. The van der Waals surface area contributed by atoms with Crippen LogP contribution in [0.5, 0.6) is 11.6 Å². The minimum atomic E-state index is -0.322. The number of rotatable bonds is 8. The molecule has 4 nitrogen and oxygen atoms in total. The van der Waals surface area contributed by atoms with E-state index in [1.54, 1.807) is 12.3 Å². The maximum absolute atomic E-state index is 12.9. The smallest absolute Gasteiger partial charge is 0.230 e. The summed E-state index contributed by atoms with van der Waals surface area (Å²) in [5, 5.41) is 3.56. The van der Waals surface area contributed by atoms with Gasteiger partial charge in [0.1, 0.15) is 11.6 Å². The summed E-state index contributed by atoms with van der Waals surface area (Å²) in [7, 11) is 0. The summed E-state index contributed by atoms with van der Waals surface area (Å²) in [5.41, 5.74) is 1.95. The van der Waals surface area contributed by atoms with Crippen LogP contribution in [-0.4, -0.2) is 16.6 Å². The molecule has 144 valence electrons. The highest BCUT2D eigenvalue weighted by Gasteiger charge is 2.04. The number of halogens is 2. The SMILES string of the molecule is O=C(CSCc1cccc(Cl)c1)NCc1ccc(Oc2ccc(F)cc2)nc1. The van der Waals surface area contributed by atoms with E-state index in [1.807, 2.05) is 30.3 Å². The molecule has 7 heteroatoms. The first-order valence-electron chi connectivity index (χ1n) is 8.56. The zero-order valence-electron chi connectivity index (χ0n) is 14.9. The van der Waals surface area contributed by atoms with Crippen LogP contribution in [0.4, 0.5) is 4.39 Å². The molecule has 0 aliphatic rings. The van der Waals surface area contributed by atoms with E-state index in [1.165, 1.54) is 36.0 Å². The lowest BCUT2D eigenvalue weighted by molar-refractivity contribution is -0.118. The standard InChI is InChI=1S/C21H18ClFN2O2S/c22-17-3-1-2-15(10-17)13-28-14-20(26)24-11-16-4-9-21(25-12-16)27-19-7-5-18(23)6-8-19/h1-10,12H,11,13-14H2,(H,24,26). The Labute approximate surface area is 172 Å². The van der Waals surface area contributed by atoms with Crippen molar-refractivity contribution in [3.63, 3.8) is 0 Å². The van der Waals surface area contributed by atoms with Gasteiger partial charge in [-0.1, -0.05) is 29.8 Å². The van der Waals surface area contributed by atoms with Crippen molar-refractivity contribution >= 4 is 29.3 Å². The van der Waals surface area contributed by atoms with Crippen LogP contribution < -0.4 is 10.1 Å². The molecule has 0 aliphatic carbocycles. The van der Waals surface area contributed by atoms with Crippen molar-refractivity contribution in [1.82, 2.24) is 10.3 Å². The third kappa shape index (κ3) is 6.55. The molecule has 0 spiro atoms. The summed E-state index contributed by atoms with van der Waals surface area (Å²) in [5.74, 6) is 1.64. The second-order valence-corrected chi connectivity index (χ2v) is 7.38. The fourth-order valence-electron chi connectivity index (χ4n) is 2.34. The Morgan fingerprint density at radius 1 is 1.11 bits per heavy atom. The number of nitrogens with one attached hydrogen (secondary N) is 1. The topological polar surface area (TPSA) is 51.2 Å². The van der Waals surface area contributed by atoms with Gasteiger partial charge in [0.15, 0.2) is 0 Å². The molecule has 0 saturated heterocycles. The summed E-state index contributed by atoms with van der Waals surface area (Å²) in [6, 6.07) is 16.8. The van der Waals surface area contributed by atoms with Crippen molar-refractivity contribution in [2.75, 3.05) is 5.75 Å². The molecule has 0 bridgehead atoms. The van der Waals surface area contributed by atoms with Crippen molar-refractivity contribution in [3.05, 3.63) is 88.8 Å². The molecule has 28 heavy (non-hydrogen) atoms. The highest BCUT2D eigenvalue weighted by Crippen LogP contribution is 2.20. The minimum absolute atomic E-state index is 0.0429. The predicted molar refractivity (Wildman–Crippen MR) is 110 cm³/mol.